The lowest BCUT2D eigenvalue weighted by Crippen LogP contribution is -2.51. The molecule has 2 aromatic carbocycles. The Balaban J connectivity index is 1.27. The second-order valence-electron chi connectivity index (χ2n) is 7.15. The second-order valence-corrected chi connectivity index (χ2v) is 7.15. The summed E-state index contributed by atoms with van der Waals surface area (Å²) in [5, 5.41) is 6.50. The Hall–Kier alpha value is -2.40. The lowest BCUT2D eigenvalue weighted by molar-refractivity contribution is -0.126. The molecule has 0 unspecified atom stereocenters. The van der Waals surface area contributed by atoms with Gasteiger partial charge in [0.25, 0.3) is 0 Å². The highest BCUT2D eigenvalue weighted by Crippen LogP contribution is 2.30. The predicted octanol–water partition coefficient (Wildman–Crippen LogP) is 2.85. The van der Waals surface area contributed by atoms with E-state index in [0.29, 0.717) is 12.3 Å². The molecule has 5 heteroatoms. The van der Waals surface area contributed by atoms with Gasteiger partial charge in [-0.2, -0.15) is 0 Å². The van der Waals surface area contributed by atoms with E-state index in [-0.39, 0.29) is 35.7 Å². The number of carbonyl (C=O) groups is 1. The summed E-state index contributed by atoms with van der Waals surface area (Å²) in [4.78, 5) is 12.7. The molecule has 1 amide bonds. The van der Waals surface area contributed by atoms with Crippen LogP contribution in [-0.2, 0) is 4.79 Å². The van der Waals surface area contributed by atoms with Gasteiger partial charge >= 0.3 is 0 Å². The normalized spacial score (nSPS) is 27.6. The number of rotatable bonds is 5. The molecule has 0 bridgehead atoms. The average Bonchev–Trinajstić information content (AvgIpc) is 3.12. The Morgan fingerprint density at radius 2 is 1.77 bits per heavy atom. The first-order valence-electron chi connectivity index (χ1n) is 9.17. The predicted molar refractivity (Wildman–Crippen MR) is 97.5 cm³/mol. The number of amides is 1. The summed E-state index contributed by atoms with van der Waals surface area (Å²) in [7, 11) is 0. The van der Waals surface area contributed by atoms with Crippen LogP contribution >= 0.6 is 0 Å². The quantitative estimate of drug-likeness (QED) is 0.868. The van der Waals surface area contributed by atoms with Crippen LogP contribution in [0.4, 0.5) is 4.39 Å². The number of halogens is 1. The molecule has 1 aliphatic heterocycles. The van der Waals surface area contributed by atoms with Gasteiger partial charge in [0, 0.05) is 37.9 Å². The van der Waals surface area contributed by atoms with Crippen LogP contribution in [0.5, 0.6) is 5.75 Å². The summed E-state index contributed by atoms with van der Waals surface area (Å²) in [6, 6.07) is 16.4. The highest BCUT2D eigenvalue weighted by molar-refractivity contribution is 5.81. The summed E-state index contributed by atoms with van der Waals surface area (Å²) >= 11 is 0. The van der Waals surface area contributed by atoms with Gasteiger partial charge < -0.3 is 15.4 Å². The fourth-order valence-electron chi connectivity index (χ4n) is 3.80. The molecule has 1 aliphatic carbocycles. The first-order valence-corrected chi connectivity index (χ1v) is 9.17. The van der Waals surface area contributed by atoms with Gasteiger partial charge in [-0.05, 0) is 29.8 Å². The van der Waals surface area contributed by atoms with Crippen molar-refractivity contribution in [2.45, 2.75) is 30.9 Å². The molecule has 4 rings (SSSR count). The first kappa shape index (κ1) is 17.0. The largest absolute Gasteiger partial charge is 0.490 e. The standard InChI is InChI=1S/C21H23FN2O2/c22-15-6-8-17(9-7-15)26-18-10-16(11-18)24-21(25)20-13-23-12-19(20)14-4-2-1-3-5-14/h1-9,16,18-20,23H,10-13H2,(H,24,25)/t16-,18-,19-,20+/m1/s1. The summed E-state index contributed by atoms with van der Waals surface area (Å²) in [5.41, 5.74) is 1.21. The van der Waals surface area contributed by atoms with Crippen molar-refractivity contribution in [3.63, 3.8) is 0 Å². The van der Waals surface area contributed by atoms with E-state index in [2.05, 4.69) is 22.8 Å². The molecule has 0 radical (unpaired) electrons. The highest BCUT2D eigenvalue weighted by Gasteiger charge is 2.38. The zero-order chi connectivity index (χ0) is 17.9. The molecule has 2 N–H and O–H groups in total. The van der Waals surface area contributed by atoms with Gasteiger partial charge in [0.15, 0.2) is 0 Å². The Bertz CT molecular complexity index is 744. The van der Waals surface area contributed by atoms with E-state index in [1.165, 1.54) is 17.7 Å². The zero-order valence-electron chi connectivity index (χ0n) is 14.5. The van der Waals surface area contributed by atoms with Crippen molar-refractivity contribution in [1.82, 2.24) is 10.6 Å². The molecule has 0 spiro atoms. The molecular formula is C21H23FN2O2. The number of hydrogen-bond donors (Lipinski definition) is 2. The molecular weight excluding hydrogens is 331 g/mol. The topological polar surface area (TPSA) is 50.4 Å². The maximum absolute atomic E-state index is 12.9. The van der Waals surface area contributed by atoms with Crippen LogP contribution in [0, 0.1) is 11.7 Å². The van der Waals surface area contributed by atoms with Gasteiger partial charge in [-0.25, -0.2) is 4.39 Å². The van der Waals surface area contributed by atoms with Crippen molar-refractivity contribution in [2.75, 3.05) is 13.1 Å². The number of nitrogens with one attached hydrogen (secondary N) is 2. The molecule has 0 aromatic heterocycles. The highest BCUT2D eigenvalue weighted by atomic mass is 19.1. The van der Waals surface area contributed by atoms with Crippen molar-refractivity contribution in [3.8, 4) is 5.75 Å². The number of hydrogen-bond acceptors (Lipinski definition) is 3. The molecule has 1 heterocycles. The van der Waals surface area contributed by atoms with E-state index in [4.69, 9.17) is 4.74 Å². The average molecular weight is 354 g/mol. The Morgan fingerprint density at radius 3 is 2.50 bits per heavy atom. The fourth-order valence-corrected chi connectivity index (χ4v) is 3.80. The van der Waals surface area contributed by atoms with Crippen LogP contribution in [-0.4, -0.2) is 31.1 Å². The summed E-state index contributed by atoms with van der Waals surface area (Å²) in [6.07, 6.45) is 1.66. The van der Waals surface area contributed by atoms with Gasteiger partial charge in [-0.15, -0.1) is 0 Å². The van der Waals surface area contributed by atoms with Crippen molar-refractivity contribution in [2.24, 2.45) is 5.92 Å². The first-order chi connectivity index (χ1) is 12.7. The van der Waals surface area contributed by atoms with E-state index in [9.17, 15) is 9.18 Å². The number of benzene rings is 2. The van der Waals surface area contributed by atoms with E-state index in [1.807, 2.05) is 18.2 Å². The van der Waals surface area contributed by atoms with Gasteiger partial charge in [-0.3, -0.25) is 4.79 Å². The SMILES string of the molecule is O=C(N[C@H]1C[C@H](Oc2ccc(F)cc2)C1)[C@H]1CNC[C@@H]1c1ccccc1. The van der Waals surface area contributed by atoms with Gasteiger partial charge in [-0.1, -0.05) is 30.3 Å². The summed E-state index contributed by atoms with van der Waals surface area (Å²) in [5.74, 6) is 0.714. The Labute approximate surface area is 152 Å². The Morgan fingerprint density at radius 1 is 1.04 bits per heavy atom. The van der Waals surface area contributed by atoms with Crippen LogP contribution in [0.2, 0.25) is 0 Å². The minimum absolute atomic E-state index is 0.0329. The molecule has 4 nitrogen and oxygen atoms in total. The number of ether oxygens (including phenoxy) is 1. The van der Waals surface area contributed by atoms with E-state index < -0.39 is 0 Å². The van der Waals surface area contributed by atoms with Crippen LogP contribution in [0.3, 0.4) is 0 Å². The maximum Gasteiger partial charge on any atom is 0.225 e. The molecule has 2 aliphatic rings. The minimum Gasteiger partial charge on any atom is -0.490 e. The third-order valence-electron chi connectivity index (χ3n) is 5.34. The second kappa shape index (κ2) is 7.46. The van der Waals surface area contributed by atoms with E-state index >= 15 is 0 Å². The van der Waals surface area contributed by atoms with Crippen molar-refractivity contribution in [1.29, 1.82) is 0 Å². The third-order valence-corrected chi connectivity index (χ3v) is 5.34. The van der Waals surface area contributed by atoms with Crippen molar-refractivity contribution in [3.05, 3.63) is 66.0 Å². The molecule has 2 aromatic rings. The maximum atomic E-state index is 12.9. The lowest BCUT2D eigenvalue weighted by Gasteiger charge is -2.36. The van der Waals surface area contributed by atoms with Gasteiger partial charge in [0.05, 0.1) is 5.92 Å². The van der Waals surface area contributed by atoms with Gasteiger partial charge in [0.2, 0.25) is 5.91 Å². The molecule has 2 atom stereocenters. The summed E-state index contributed by atoms with van der Waals surface area (Å²) < 4.78 is 18.7. The monoisotopic (exact) mass is 354 g/mol. The molecule has 1 saturated heterocycles. The summed E-state index contributed by atoms with van der Waals surface area (Å²) in [6.45, 7) is 1.55. The zero-order valence-corrected chi connectivity index (χ0v) is 14.5. The molecule has 26 heavy (non-hydrogen) atoms. The van der Waals surface area contributed by atoms with Crippen LogP contribution in [0.1, 0.15) is 24.3 Å². The fraction of sp³-hybridized carbons (Fsp3) is 0.381. The molecule has 1 saturated carbocycles. The molecule has 136 valence electrons. The van der Waals surface area contributed by atoms with Crippen LogP contribution < -0.4 is 15.4 Å². The van der Waals surface area contributed by atoms with Crippen molar-refractivity contribution >= 4 is 5.91 Å². The van der Waals surface area contributed by atoms with Crippen molar-refractivity contribution < 1.29 is 13.9 Å². The minimum atomic E-state index is -0.269. The lowest BCUT2D eigenvalue weighted by atomic mass is 9.85. The Kier molecular flexibility index (Phi) is 4.89. The van der Waals surface area contributed by atoms with Crippen LogP contribution in [0.25, 0.3) is 0 Å². The smallest absolute Gasteiger partial charge is 0.225 e. The van der Waals surface area contributed by atoms with Crippen LogP contribution in [0.15, 0.2) is 54.6 Å². The third kappa shape index (κ3) is 3.73. The van der Waals surface area contributed by atoms with E-state index in [0.717, 1.165) is 19.4 Å². The molecule has 2 fully saturated rings. The van der Waals surface area contributed by atoms with Gasteiger partial charge in [0.1, 0.15) is 17.7 Å². The number of carbonyl (C=O) groups excluding carboxylic acids is 1. The van der Waals surface area contributed by atoms with E-state index in [1.54, 1.807) is 12.1 Å².